The van der Waals surface area contributed by atoms with Gasteiger partial charge >= 0.3 is 0 Å². The Bertz CT molecular complexity index is 470. The Morgan fingerprint density at radius 1 is 1.26 bits per heavy atom. The summed E-state index contributed by atoms with van der Waals surface area (Å²) < 4.78 is 5.28. The minimum absolute atomic E-state index is 0.126. The van der Waals surface area contributed by atoms with Gasteiger partial charge in [-0.05, 0) is 49.3 Å². The van der Waals surface area contributed by atoms with E-state index in [0.717, 1.165) is 25.2 Å². The van der Waals surface area contributed by atoms with E-state index in [-0.39, 0.29) is 11.7 Å². The molecule has 0 heterocycles. The smallest absolute Gasteiger partial charge is 0.169 e. The third-order valence-corrected chi connectivity index (χ3v) is 4.63. The summed E-state index contributed by atoms with van der Waals surface area (Å²) >= 11 is 5.94. The molecular weight excluding hydrogens is 260 g/mol. The van der Waals surface area contributed by atoms with E-state index in [9.17, 15) is 4.79 Å². The van der Waals surface area contributed by atoms with Gasteiger partial charge in [-0.3, -0.25) is 4.79 Å². The molecule has 1 aromatic carbocycles. The summed E-state index contributed by atoms with van der Waals surface area (Å²) in [6, 6.07) is 5.25. The molecule has 2 nitrogen and oxygen atoms in total. The first-order valence-corrected chi connectivity index (χ1v) is 7.28. The lowest BCUT2D eigenvalue weighted by molar-refractivity contribution is 0.0834. The second-order valence-corrected chi connectivity index (χ2v) is 6.11. The minimum atomic E-state index is 0.126. The highest BCUT2D eigenvalue weighted by Crippen LogP contribution is 2.36. The fraction of sp³-hybridized carbons (Fsp3) is 0.562. The Balaban J connectivity index is 2.20. The number of ether oxygens (including phenoxy) is 1. The monoisotopic (exact) mass is 280 g/mol. The van der Waals surface area contributed by atoms with E-state index in [1.807, 2.05) is 0 Å². The molecule has 0 aliphatic heterocycles. The quantitative estimate of drug-likeness (QED) is 0.756. The zero-order valence-electron chi connectivity index (χ0n) is 11.8. The van der Waals surface area contributed by atoms with Crippen LogP contribution in [0.5, 0.6) is 5.75 Å². The second kappa shape index (κ2) is 5.96. The van der Waals surface area contributed by atoms with Gasteiger partial charge in [0.1, 0.15) is 5.75 Å². The molecule has 0 aromatic heterocycles. The van der Waals surface area contributed by atoms with Crippen LogP contribution in [0.1, 0.15) is 43.5 Å². The van der Waals surface area contributed by atoms with E-state index < -0.39 is 0 Å². The molecule has 3 heteroatoms. The highest BCUT2D eigenvalue weighted by atomic mass is 35.5. The number of rotatable bonds is 3. The Hall–Kier alpha value is -1.02. The zero-order valence-corrected chi connectivity index (χ0v) is 12.5. The van der Waals surface area contributed by atoms with Crippen molar-refractivity contribution in [1.29, 1.82) is 0 Å². The molecule has 2 rings (SSSR count). The number of benzene rings is 1. The van der Waals surface area contributed by atoms with Gasteiger partial charge in [0, 0.05) is 10.9 Å². The molecule has 0 radical (unpaired) electrons. The SMILES string of the molecule is COc1cc(Cl)ccc1C(=O)C1CCC(C)C(C)C1. The molecule has 0 bridgehead atoms. The van der Waals surface area contributed by atoms with E-state index in [2.05, 4.69) is 13.8 Å². The van der Waals surface area contributed by atoms with Crippen molar-refractivity contribution < 1.29 is 9.53 Å². The zero-order chi connectivity index (χ0) is 14.0. The van der Waals surface area contributed by atoms with Gasteiger partial charge in [0.2, 0.25) is 0 Å². The molecule has 3 unspecified atom stereocenters. The van der Waals surface area contributed by atoms with E-state index in [4.69, 9.17) is 16.3 Å². The Labute approximate surface area is 120 Å². The fourth-order valence-electron chi connectivity index (χ4n) is 2.87. The van der Waals surface area contributed by atoms with Crippen LogP contribution in [0.4, 0.5) is 0 Å². The molecule has 0 amide bonds. The maximum Gasteiger partial charge on any atom is 0.169 e. The lowest BCUT2D eigenvalue weighted by Gasteiger charge is -2.31. The standard InChI is InChI=1S/C16H21ClO2/c1-10-4-5-12(8-11(10)2)16(18)14-7-6-13(17)9-15(14)19-3/h6-7,9-12H,4-5,8H2,1-3H3. The van der Waals surface area contributed by atoms with Crippen LogP contribution in [0.2, 0.25) is 5.02 Å². The molecule has 104 valence electrons. The molecule has 1 saturated carbocycles. The molecule has 1 aromatic rings. The summed E-state index contributed by atoms with van der Waals surface area (Å²) in [6.07, 6.45) is 3.09. The molecule has 19 heavy (non-hydrogen) atoms. The number of carbonyl (C=O) groups is 1. The number of hydrogen-bond acceptors (Lipinski definition) is 2. The molecule has 0 N–H and O–H groups in total. The van der Waals surface area contributed by atoms with Crippen LogP contribution in [0, 0.1) is 17.8 Å². The van der Waals surface area contributed by atoms with Crippen molar-refractivity contribution in [3.05, 3.63) is 28.8 Å². The summed E-state index contributed by atoms with van der Waals surface area (Å²) in [7, 11) is 1.58. The number of carbonyl (C=O) groups excluding carboxylic acids is 1. The third kappa shape index (κ3) is 3.11. The lowest BCUT2D eigenvalue weighted by Crippen LogP contribution is -2.26. The van der Waals surface area contributed by atoms with Gasteiger partial charge in [0.15, 0.2) is 5.78 Å². The van der Waals surface area contributed by atoms with Crippen LogP contribution < -0.4 is 4.74 Å². The normalized spacial score (nSPS) is 27.1. The maximum absolute atomic E-state index is 12.6. The predicted molar refractivity (Wildman–Crippen MR) is 78.0 cm³/mol. The van der Waals surface area contributed by atoms with Gasteiger partial charge in [-0.15, -0.1) is 0 Å². The van der Waals surface area contributed by atoms with Crippen molar-refractivity contribution >= 4 is 17.4 Å². The van der Waals surface area contributed by atoms with Gasteiger partial charge in [-0.1, -0.05) is 25.4 Å². The van der Waals surface area contributed by atoms with Crippen LogP contribution in [-0.4, -0.2) is 12.9 Å². The maximum atomic E-state index is 12.6. The van der Waals surface area contributed by atoms with Crippen molar-refractivity contribution in [3.8, 4) is 5.75 Å². The van der Waals surface area contributed by atoms with Gasteiger partial charge in [0.25, 0.3) is 0 Å². The van der Waals surface area contributed by atoms with E-state index in [0.29, 0.717) is 22.3 Å². The number of hydrogen-bond donors (Lipinski definition) is 0. The average Bonchev–Trinajstić information content (AvgIpc) is 2.41. The summed E-state index contributed by atoms with van der Waals surface area (Å²) in [6.45, 7) is 4.51. The topological polar surface area (TPSA) is 26.3 Å². The van der Waals surface area contributed by atoms with E-state index >= 15 is 0 Å². The predicted octanol–water partition coefficient (Wildman–Crippen LogP) is 4.60. The first-order valence-electron chi connectivity index (χ1n) is 6.90. The van der Waals surface area contributed by atoms with Crippen LogP contribution in [0.3, 0.4) is 0 Å². The van der Waals surface area contributed by atoms with Crippen molar-refractivity contribution in [2.24, 2.45) is 17.8 Å². The Morgan fingerprint density at radius 2 is 2.00 bits per heavy atom. The Kier molecular flexibility index (Phi) is 4.51. The first-order chi connectivity index (χ1) is 9.02. The van der Waals surface area contributed by atoms with E-state index in [1.165, 1.54) is 0 Å². The van der Waals surface area contributed by atoms with Crippen LogP contribution >= 0.6 is 11.6 Å². The molecule has 1 aliphatic rings. The van der Waals surface area contributed by atoms with Crippen molar-refractivity contribution in [2.75, 3.05) is 7.11 Å². The van der Waals surface area contributed by atoms with Crippen molar-refractivity contribution in [2.45, 2.75) is 33.1 Å². The first kappa shape index (κ1) is 14.4. The van der Waals surface area contributed by atoms with Crippen LogP contribution in [-0.2, 0) is 0 Å². The van der Waals surface area contributed by atoms with Gasteiger partial charge in [-0.2, -0.15) is 0 Å². The summed E-state index contributed by atoms with van der Waals surface area (Å²) in [5.74, 6) is 2.24. The van der Waals surface area contributed by atoms with Crippen LogP contribution in [0.15, 0.2) is 18.2 Å². The highest BCUT2D eigenvalue weighted by molar-refractivity contribution is 6.30. The molecule has 1 aliphatic carbocycles. The van der Waals surface area contributed by atoms with Gasteiger partial charge in [-0.25, -0.2) is 0 Å². The number of Topliss-reactive ketones (excluding diaryl/α,β-unsaturated/α-hetero) is 1. The largest absolute Gasteiger partial charge is 0.496 e. The molecular formula is C16H21ClO2. The molecule has 0 spiro atoms. The summed E-state index contributed by atoms with van der Waals surface area (Å²) in [4.78, 5) is 12.6. The average molecular weight is 281 g/mol. The van der Waals surface area contributed by atoms with Crippen molar-refractivity contribution in [3.63, 3.8) is 0 Å². The fourth-order valence-corrected chi connectivity index (χ4v) is 3.04. The number of halogens is 1. The Morgan fingerprint density at radius 3 is 2.63 bits per heavy atom. The summed E-state index contributed by atoms with van der Waals surface area (Å²) in [5.41, 5.74) is 0.665. The highest BCUT2D eigenvalue weighted by Gasteiger charge is 2.30. The van der Waals surface area contributed by atoms with Gasteiger partial charge in [0.05, 0.1) is 12.7 Å². The van der Waals surface area contributed by atoms with Crippen LogP contribution in [0.25, 0.3) is 0 Å². The third-order valence-electron chi connectivity index (χ3n) is 4.40. The second-order valence-electron chi connectivity index (χ2n) is 5.67. The lowest BCUT2D eigenvalue weighted by atomic mass is 9.73. The van der Waals surface area contributed by atoms with Crippen molar-refractivity contribution in [1.82, 2.24) is 0 Å². The molecule has 0 saturated heterocycles. The number of ketones is 1. The minimum Gasteiger partial charge on any atom is -0.496 e. The van der Waals surface area contributed by atoms with E-state index in [1.54, 1.807) is 25.3 Å². The number of methoxy groups -OCH3 is 1. The molecule has 3 atom stereocenters. The summed E-state index contributed by atoms with van der Waals surface area (Å²) in [5, 5.41) is 0.596. The van der Waals surface area contributed by atoms with Gasteiger partial charge < -0.3 is 4.74 Å². The molecule has 1 fully saturated rings.